The van der Waals surface area contributed by atoms with Crippen molar-refractivity contribution in [3.63, 3.8) is 0 Å². The van der Waals surface area contributed by atoms with Gasteiger partial charge in [0, 0.05) is 15.8 Å². The Bertz CT molecular complexity index is 997. The van der Waals surface area contributed by atoms with E-state index < -0.39 is 10.0 Å². The van der Waals surface area contributed by atoms with Crippen LogP contribution in [0.1, 0.15) is 25.3 Å². The highest BCUT2D eigenvalue weighted by molar-refractivity contribution is 7.93. The molecule has 0 fully saturated rings. The lowest BCUT2D eigenvalue weighted by atomic mass is 10.0. The molecule has 124 valence electrons. The summed E-state index contributed by atoms with van der Waals surface area (Å²) in [6.45, 7) is 4.07. The number of fused-ring (bicyclic) bond motifs is 1. The number of benzene rings is 3. The summed E-state index contributed by atoms with van der Waals surface area (Å²) in [5.41, 5.74) is 1.56. The minimum absolute atomic E-state index is 0.214. The van der Waals surface area contributed by atoms with Crippen LogP contribution in [0, 0.1) is 0 Å². The Morgan fingerprint density at radius 1 is 0.875 bits per heavy atom. The maximum atomic E-state index is 12.9. The van der Waals surface area contributed by atoms with Crippen LogP contribution in [0.15, 0.2) is 65.6 Å². The average Bonchev–Trinajstić information content (AvgIpc) is 2.55. The second-order valence-electron chi connectivity index (χ2n) is 5.94. The number of rotatable bonds is 4. The van der Waals surface area contributed by atoms with Gasteiger partial charge >= 0.3 is 0 Å². The molecule has 24 heavy (non-hydrogen) atoms. The van der Waals surface area contributed by atoms with Crippen LogP contribution in [0.2, 0.25) is 5.02 Å². The predicted octanol–water partition coefficient (Wildman–Crippen LogP) is 5.42. The fraction of sp³-hybridized carbons (Fsp3) is 0.158. The van der Waals surface area contributed by atoms with Crippen LogP contribution in [-0.2, 0) is 10.0 Å². The Kier molecular flexibility index (Phi) is 4.52. The Balaban J connectivity index is 2.12. The molecule has 0 aliphatic carbocycles. The number of anilines is 1. The van der Waals surface area contributed by atoms with E-state index in [9.17, 15) is 8.42 Å². The molecule has 0 bridgehead atoms. The van der Waals surface area contributed by atoms with Crippen LogP contribution in [0.3, 0.4) is 0 Å². The lowest BCUT2D eigenvalue weighted by Crippen LogP contribution is -2.15. The van der Waals surface area contributed by atoms with E-state index in [1.165, 1.54) is 0 Å². The van der Waals surface area contributed by atoms with E-state index in [2.05, 4.69) is 4.72 Å². The molecule has 5 heteroatoms. The molecule has 3 rings (SSSR count). The summed E-state index contributed by atoms with van der Waals surface area (Å²) in [5, 5.41) is 1.87. The molecular weight excluding hydrogens is 342 g/mol. The van der Waals surface area contributed by atoms with Crippen molar-refractivity contribution in [2.75, 3.05) is 4.72 Å². The molecule has 0 unspecified atom stereocenters. The molecule has 0 radical (unpaired) electrons. The molecule has 0 heterocycles. The van der Waals surface area contributed by atoms with Gasteiger partial charge in [0.25, 0.3) is 10.0 Å². The maximum Gasteiger partial charge on any atom is 0.262 e. The first-order valence-electron chi connectivity index (χ1n) is 7.69. The lowest BCUT2D eigenvalue weighted by molar-refractivity contribution is 0.602. The van der Waals surface area contributed by atoms with Gasteiger partial charge in [0.1, 0.15) is 0 Å². The van der Waals surface area contributed by atoms with Gasteiger partial charge in [-0.2, -0.15) is 0 Å². The summed E-state index contributed by atoms with van der Waals surface area (Å²) in [6, 6.07) is 17.8. The zero-order valence-electron chi connectivity index (χ0n) is 13.5. The van der Waals surface area contributed by atoms with Crippen LogP contribution in [0.4, 0.5) is 5.69 Å². The summed E-state index contributed by atoms with van der Waals surface area (Å²) >= 11 is 6.19. The third kappa shape index (κ3) is 3.12. The van der Waals surface area contributed by atoms with Crippen molar-refractivity contribution in [2.45, 2.75) is 24.7 Å². The van der Waals surface area contributed by atoms with Crippen molar-refractivity contribution in [1.29, 1.82) is 0 Å². The highest BCUT2D eigenvalue weighted by Gasteiger charge is 2.20. The van der Waals surface area contributed by atoms with Crippen molar-refractivity contribution in [2.24, 2.45) is 0 Å². The van der Waals surface area contributed by atoms with Crippen LogP contribution in [0.5, 0.6) is 0 Å². The largest absolute Gasteiger partial charge is 0.279 e. The number of para-hydroxylation sites is 1. The SMILES string of the molecule is CC(C)c1ccccc1NS(=O)(=O)c1ccc(Cl)c2ccccc12. The summed E-state index contributed by atoms with van der Waals surface area (Å²) in [6.07, 6.45) is 0. The molecule has 0 aliphatic heterocycles. The Hall–Kier alpha value is -2.04. The molecule has 0 aromatic heterocycles. The monoisotopic (exact) mass is 359 g/mol. The molecular formula is C19H18ClNO2S. The van der Waals surface area contributed by atoms with Crippen LogP contribution in [-0.4, -0.2) is 8.42 Å². The van der Waals surface area contributed by atoms with Gasteiger partial charge in [-0.15, -0.1) is 0 Å². The zero-order valence-corrected chi connectivity index (χ0v) is 15.0. The molecule has 0 aliphatic rings. The predicted molar refractivity (Wildman–Crippen MR) is 100 cm³/mol. The molecule has 0 saturated carbocycles. The van der Waals surface area contributed by atoms with Gasteiger partial charge in [0.05, 0.1) is 10.6 Å². The second kappa shape index (κ2) is 6.46. The van der Waals surface area contributed by atoms with Crippen molar-refractivity contribution in [3.8, 4) is 0 Å². The number of nitrogens with one attached hydrogen (secondary N) is 1. The van der Waals surface area contributed by atoms with Crippen molar-refractivity contribution >= 4 is 38.1 Å². The number of halogens is 1. The molecule has 3 nitrogen and oxygen atoms in total. The van der Waals surface area contributed by atoms with Crippen LogP contribution < -0.4 is 4.72 Å². The van der Waals surface area contributed by atoms with Gasteiger partial charge in [-0.25, -0.2) is 8.42 Å². The van der Waals surface area contributed by atoms with Crippen LogP contribution >= 0.6 is 11.6 Å². The van der Waals surface area contributed by atoms with Gasteiger partial charge in [0.15, 0.2) is 0 Å². The van der Waals surface area contributed by atoms with E-state index in [0.717, 1.165) is 10.9 Å². The molecule has 3 aromatic rings. The third-order valence-corrected chi connectivity index (χ3v) is 5.70. The van der Waals surface area contributed by atoms with Crippen molar-refractivity contribution < 1.29 is 8.42 Å². The second-order valence-corrected chi connectivity index (χ2v) is 8.00. The fourth-order valence-electron chi connectivity index (χ4n) is 2.76. The molecule has 3 aromatic carbocycles. The van der Waals surface area contributed by atoms with E-state index in [1.807, 2.05) is 44.2 Å². The highest BCUT2D eigenvalue weighted by atomic mass is 35.5. The molecule has 0 atom stereocenters. The van der Waals surface area contributed by atoms with Crippen LogP contribution in [0.25, 0.3) is 10.8 Å². The average molecular weight is 360 g/mol. The molecule has 0 spiro atoms. The van der Waals surface area contributed by atoms with Crippen molar-refractivity contribution in [1.82, 2.24) is 0 Å². The van der Waals surface area contributed by atoms with E-state index in [-0.39, 0.29) is 10.8 Å². The van der Waals surface area contributed by atoms with E-state index in [4.69, 9.17) is 11.6 Å². The quantitative estimate of drug-likeness (QED) is 0.676. The minimum Gasteiger partial charge on any atom is -0.279 e. The topological polar surface area (TPSA) is 46.2 Å². The van der Waals surface area contributed by atoms with Gasteiger partial charge in [-0.3, -0.25) is 4.72 Å². The standard InChI is InChI=1S/C19H18ClNO2S/c1-13(2)14-7-5-6-10-18(14)21-24(22,23)19-12-11-17(20)15-8-3-4-9-16(15)19/h3-13,21H,1-2H3. The lowest BCUT2D eigenvalue weighted by Gasteiger charge is -2.16. The van der Waals surface area contributed by atoms with Gasteiger partial charge < -0.3 is 0 Å². The Labute approximate surface area is 147 Å². The summed E-state index contributed by atoms with van der Waals surface area (Å²) < 4.78 is 28.6. The molecule has 0 saturated heterocycles. The van der Waals surface area contributed by atoms with Crippen molar-refractivity contribution in [3.05, 3.63) is 71.2 Å². The first kappa shape index (κ1) is 16.8. The first-order valence-corrected chi connectivity index (χ1v) is 9.55. The normalized spacial score (nSPS) is 11.8. The van der Waals surface area contributed by atoms with Gasteiger partial charge in [-0.1, -0.05) is 67.9 Å². The first-order chi connectivity index (χ1) is 11.4. The number of sulfonamides is 1. The third-order valence-electron chi connectivity index (χ3n) is 3.95. The fourth-order valence-corrected chi connectivity index (χ4v) is 4.29. The van der Waals surface area contributed by atoms with E-state index in [0.29, 0.717) is 16.1 Å². The minimum atomic E-state index is -3.72. The summed E-state index contributed by atoms with van der Waals surface area (Å²) in [5.74, 6) is 0.214. The summed E-state index contributed by atoms with van der Waals surface area (Å²) in [7, 11) is -3.72. The summed E-state index contributed by atoms with van der Waals surface area (Å²) in [4.78, 5) is 0.223. The number of hydrogen-bond donors (Lipinski definition) is 1. The smallest absolute Gasteiger partial charge is 0.262 e. The Morgan fingerprint density at radius 3 is 2.21 bits per heavy atom. The zero-order chi connectivity index (χ0) is 17.3. The van der Waals surface area contributed by atoms with Gasteiger partial charge in [0.2, 0.25) is 0 Å². The Morgan fingerprint density at radius 2 is 1.50 bits per heavy atom. The molecule has 1 N–H and O–H groups in total. The maximum absolute atomic E-state index is 12.9. The van der Waals surface area contributed by atoms with Gasteiger partial charge in [-0.05, 0) is 29.7 Å². The van der Waals surface area contributed by atoms with E-state index >= 15 is 0 Å². The molecule has 0 amide bonds. The number of hydrogen-bond acceptors (Lipinski definition) is 2. The van der Waals surface area contributed by atoms with E-state index in [1.54, 1.807) is 30.3 Å². The highest BCUT2D eigenvalue weighted by Crippen LogP contribution is 2.31.